The summed E-state index contributed by atoms with van der Waals surface area (Å²) < 4.78 is 38.8. The van der Waals surface area contributed by atoms with Gasteiger partial charge < -0.3 is 27.8 Å². The molecule has 8 rings (SSSR count). The topological polar surface area (TPSA) is 79.2 Å². The molecular formula is C78H99NO6Si2. The molecule has 87 heavy (non-hydrogen) atoms. The Morgan fingerprint density at radius 2 is 0.966 bits per heavy atom. The molecule has 1 aliphatic heterocycles. The number of unbranched alkanes of at least 4 members (excludes halogenated alkanes) is 16. The van der Waals surface area contributed by atoms with Crippen molar-refractivity contribution in [1.29, 1.82) is 5.26 Å². The lowest BCUT2D eigenvalue weighted by Crippen LogP contribution is -2.44. The van der Waals surface area contributed by atoms with Crippen LogP contribution in [-0.4, -0.2) is 36.5 Å². The van der Waals surface area contributed by atoms with Crippen LogP contribution in [-0.2, 0) is 22.7 Å². The third kappa shape index (κ3) is 21.2. The third-order valence-corrected chi connectivity index (χ3v) is 24.6. The van der Waals surface area contributed by atoms with Crippen LogP contribution in [0.2, 0.25) is 38.3 Å². The molecule has 7 nitrogen and oxygen atoms in total. The van der Waals surface area contributed by atoms with Crippen molar-refractivity contribution in [2.75, 3.05) is 19.8 Å². The first kappa shape index (κ1) is 66.1. The second-order valence-corrected chi connectivity index (χ2v) is 34.1. The fraction of sp³-hybridized carbons (Fsp3) is 0.423. The lowest BCUT2D eigenvalue weighted by Gasteiger charge is -2.36. The van der Waals surface area contributed by atoms with Crippen molar-refractivity contribution in [2.24, 2.45) is 0 Å². The summed E-state index contributed by atoms with van der Waals surface area (Å²) in [4.78, 5) is 0. The van der Waals surface area contributed by atoms with Gasteiger partial charge in [0, 0.05) is 16.7 Å². The van der Waals surface area contributed by atoms with E-state index in [9.17, 15) is 0 Å². The van der Waals surface area contributed by atoms with Crippen LogP contribution in [0, 0.1) is 11.3 Å². The van der Waals surface area contributed by atoms with Crippen LogP contribution < -0.4 is 23.7 Å². The van der Waals surface area contributed by atoms with Gasteiger partial charge in [-0.2, -0.15) is 5.26 Å². The van der Waals surface area contributed by atoms with E-state index in [1.807, 2.05) is 66.7 Å². The minimum Gasteiger partial charge on any atom is -0.494 e. The molecule has 460 valence electrons. The van der Waals surface area contributed by atoms with Gasteiger partial charge in [0.2, 0.25) is 0 Å². The second-order valence-electron chi connectivity index (χ2n) is 25.3. The van der Waals surface area contributed by atoms with E-state index in [0.29, 0.717) is 25.4 Å². The molecule has 0 aromatic heterocycles. The maximum Gasteiger partial charge on any atom is 0.178 e. The molecule has 0 amide bonds. The molecule has 1 atom stereocenters. The number of hydrogen-bond acceptors (Lipinski definition) is 7. The highest BCUT2D eigenvalue weighted by molar-refractivity contribution is 6.84. The number of hydrogen-bond donors (Lipinski definition) is 0. The summed E-state index contributed by atoms with van der Waals surface area (Å²) in [6.45, 7) is 18.5. The Balaban J connectivity index is 0.682. The van der Waals surface area contributed by atoms with Gasteiger partial charge in [-0.3, -0.25) is 0 Å². The van der Waals surface area contributed by atoms with Gasteiger partial charge in [-0.15, -0.1) is 6.58 Å². The normalized spacial score (nSPS) is 13.8. The van der Waals surface area contributed by atoms with Crippen molar-refractivity contribution in [3.63, 3.8) is 0 Å². The van der Waals surface area contributed by atoms with Crippen molar-refractivity contribution in [3.8, 4) is 45.9 Å². The number of rotatable bonds is 40. The molecule has 0 N–H and O–H groups in total. The van der Waals surface area contributed by atoms with Crippen molar-refractivity contribution in [3.05, 3.63) is 204 Å². The Kier molecular flexibility index (Phi) is 26.3. The van der Waals surface area contributed by atoms with Crippen molar-refractivity contribution < 1.29 is 27.8 Å². The van der Waals surface area contributed by atoms with Crippen LogP contribution in [0.25, 0.3) is 28.0 Å². The number of benzene rings is 7. The summed E-state index contributed by atoms with van der Waals surface area (Å²) >= 11 is 0. The lowest BCUT2D eigenvalue weighted by molar-refractivity contribution is 0.161. The Morgan fingerprint density at radius 1 is 0.494 bits per heavy atom. The Labute approximate surface area is 525 Å². The van der Waals surface area contributed by atoms with Crippen LogP contribution >= 0.6 is 0 Å². The zero-order valence-corrected chi connectivity index (χ0v) is 55.4. The van der Waals surface area contributed by atoms with Crippen molar-refractivity contribution in [2.45, 2.75) is 192 Å². The molecule has 0 saturated carbocycles. The maximum absolute atomic E-state index is 9.06. The number of allylic oxidation sites excluding steroid dienone is 1. The fourth-order valence-corrected chi connectivity index (χ4v) is 21.1. The van der Waals surface area contributed by atoms with E-state index in [1.54, 1.807) is 0 Å². The molecule has 7 aromatic carbocycles. The van der Waals surface area contributed by atoms with E-state index in [4.69, 9.17) is 33.1 Å². The summed E-state index contributed by atoms with van der Waals surface area (Å²) in [5.74, 6) is 4.36. The van der Waals surface area contributed by atoms with Crippen LogP contribution in [0.4, 0.5) is 0 Å². The Hall–Kier alpha value is -6.84. The highest BCUT2D eigenvalue weighted by atomic mass is 28.4. The third-order valence-electron chi connectivity index (χ3n) is 17.0. The summed E-state index contributed by atoms with van der Waals surface area (Å²) in [5, 5.41) is 11.5. The number of aryl methyl sites for hydroxylation is 1. The first-order valence-corrected chi connectivity index (χ1v) is 39.3. The molecular weight excluding hydrogens is 1100 g/mol. The molecule has 0 bridgehead atoms. The predicted molar refractivity (Wildman–Crippen MR) is 369 cm³/mol. The summed E-state index contributed by atoms with van der Waals surface area (Å²) in [6, 6.07) is 56.9. The van der Waals surface area contributed by atoms with Crippen molar-refractivity contribution in [1.82, 2.24) is 0 Å². The SMILES string of the molecule is C=CCCCOc1ccc(C2(c3ccc(OCCCCC[Si](C)(C)O[Si](C)(C)CCCCCCCCCCCOc4ccc(COc5ccc(-c6ccc(C#N)cc6)cc5)cc4)cc3)C=Cc3c(ccc4cc(CCCCCCCC)ccc34)O2)cc1. The molecule has 0 spiro atoms. The molecule has 0 fully saturated rings. The Bertz CT molecular complexity index is 3220. The second kappa shape index (κ2) is 34.6. The van der Waals surface area contributed by atoms with E-state index in [-0.39, 0.29) is 0 Å². The maximum atomic E-state index is 9.06. The Morgan fingerprint density at radius 3 is 1.53 bits per heavy atom. The largest absolute Gasteiger partial charge is 0.494 e. The number of ether oxygens (including phenoxy) is 5. The number of fused-ring (bicyclic) bond motifs is 3. The van der Waals surface area contributed by atoms with E-state index in [1.165, 1.54) is 125 Å². The number of nitriles is 1. The van der Waals surface area contributed by atoms with Gasteiger partial charge in [-0.05, 0) is 189 Å². The molecule has 0 saturated heterocycles. The molecule has 1 aliphatic rings. The van der Waals surface area contributed by atoms with E-state index >= 15 is 0 Å². The minimum absolute atomic E-state index is 0.502. The predicted octanol–water partition coefficient (Wildman–Crippen LogP) is 22.1. The van der Waals surface area contributed by atoms with Crippen LogP contribution in [0.15, 0.2) is 170 Å². The zero-order chi connectivity index (χ0) is 61.0. The molecule has 9 heteroatoms. The average molecular weight is 1200 g/mol. The average Bonchev–Trinajstić information content (AvgIpc) is 0.879. The van der Waals surface area contributed by atoms with E-state index < -0.39 is 22.2 Å². The first-order chi connectivity index (χ1) is 42.4. The standard InChI is InChI=1S/C78H99NO6Si2/c1-7-9-11-12-18-22-28-63-33-51-75-68(60-63)38-52-77-76(75)53-54-78(84-77,69-39-47-72(48-40-69)80-55-23-10-8-2)70-41-49-73(50-42-70)82-57-25-21-27-59-87(5,6)85-86(3,4)58-26-20-17-15-13-14-16-19-24-56-81-71-43-31-65(32-44-71)62-83-74-45-36-67(37-46-74)66-34-29-64(61-79)30-35-66/h8,29-54,60H,2,7,9-28,55-59,62H2,1,3-6H3. The van der Waals surface area contributed by atoms with Gasteiger partial charge in [0.05, 0.1) is 31.5 Å². The van der Waals surface area contributed by atoms with Crippen molar-refractivity contribution >= 4 is 33.5 Å². The fourth-order valence-electron chi connectivity index (χ4n) is 12.1. The highest BCUT2D eigenvalue weighted by Gasteiger charge is 2.38. The van der Waals surface area contributed by atoms with Gasteiger partial charge in [0.15, 0.2) is 22.2 Å². The summed E-state index contributed by atoms with van der Waals surface area (Å²) in [7, 11) is -3.47. The van der Waals surface area contributed by atoms with Gasteiger partial charge in [0.25, 0.3) is 0 Å². The molecule has 0 aliphatic carbocycles. The van der Waals surface area contributed by atoms with Gasteiger partial charge in [-0.25, -0.2) is 0 Å². The van der Waals surface area contributed by atoms with E-state index in [0.717, 1.165) is 107 Å². The monoisotopic (exact) mass is 1200 g/mol. The molecule has 1 unspecified atom stereocenters. The first-order valence-electron chi connectivity index (χ1n) is 33.1. The molecule has 1 heterocycles. The highest BCUT2D eigenvalue weighted by Crippen LogP contribution is 2.45. The number of nitrogens with zero attached hydrogens (tertiary/aromatic N) is 1. The lowest BCUT2D eigenvalue weighted by atomic mass is 9.83. The quantitative estimate of drug-likeness (QED) is 0.0215. The van der Waals surface area contributed by atoms with Gasteiger partial charge in [-0.1, -0.05) is 194 Å². The summed E-state index contributed by atoms with van der Waals surface area (Å²) in [5.41, 5.74) is 7.76. The smallest absolute Gasteiger partial charge is 0.178 e. The minimum atomic E-state index is -1.75. The van der Waals surface area contributed by atoms with Crippen LogP contribution in [0.3, 0.4) is 0 Å². The molecule has 0 radical (unpaired) electrons. The van der Waals surface area contributed by atoms with Crippen LogP contribution in [0.5, 0.6) is 28.7 Å². The molecule has 7 aromatic rings. The van der Waals surface area contributed by atoms with E-state index in [2.05, 4.69) is 149 Å². The van der Waals surface area contributed by atoms with Gasteiger partial charge in [0.1, 0.15) is 35.4 Å². The zero-order valence-electron chi connectivity index (χ0n) is 53.4. The van der Waals surface area contributed by atoms with Crippen LogP contribution in [0.1, 0.15) is 169 Å². The van der Waals surface area contributed by atoms with Gasteiger partial charge >= 0.3 is 0 Å². The summed E-state index contributed by atoms with van der Waals surface area (Å²) in [6.07, 6.45) is 32.2.